The summed E-state index contributed by atoms with van der Waals surface area (Å²) in [5, 5.41) is 1.93. The molecule has 0 radical (unpaired) electrons. The minimum absolute atomic E-state index is 0.355. The predicted molar refractivity (Wildman–Crippen MR) is 79.6 cm³/mol. The molecule has 1 aromatic heterocycles. The highest BCUT2D eigenvalue weighted by Gasteiger charge is 2.04. The van der Waals surface area contributed by atoms with Gasteiger partial charge in [0.2, 0.25) is 0 Å². The smallest absolute Gasteiger partial charge is 0.334 e. The molecule has 0 saturated heterocycles. The second kappa shape index (κ2) is 6.39. The van der Waals surface area contributed by atoms with Gasteiger partial charge >= 0.3 is 5.97 Å². The highest BCUT2D eigenvalue weighted by Crippen LogP contribution is 2.05. The molecule has 0 bridgehead atoms. The van der Waals surface area contributed by atoms with Crippen LogP contribution in [0.5, 0.6) is 0 Å². The summed E-state index contributed by atoms with van der Waals surface area (Å²) in [5.74, 6) is -0.383. The first-order valence-electron chi connectivity index (χ1n) is 6.62. The van der Waals surface area contributed by atoms with E-state index in [1.165, 1.54) is 6.08 Å². The molecule has 0 saturated carbocycles. The first kappa shape index (κ1) is 14.3. The van der Waals surface area contributed by atoms with Crippen LogP contribution in [0.1, 0.15) is 6.92 Å². The molecule has 0 aliphatic heterocycles. The molecule has 0 unspecified atom stereocenters. The molecule has 4 nitrogen and oxygen atoms in total. The zero-order valence-corrected chi connectivity index (χ0v) is 12.1. The van der Waals surface area contributed by atoms with Crippen LogP contribution in [-0.2, 0) is 9.53 Å². The Labute approximate surface area is 117 Å². The molecule has 0 aliphatic carbocycles. The summed E-state index contributed by atoms with van der Waals surface area (Å²) in [4.78, 5) is 13.6. The van der Waals surface area contributed by atoms with E-state index in [9.17, 15) is 4.79 Å². The van der Waals surface area contributed by atoms with Gasteiger partial charge in [-0.05, 0) is 27.1 Å². The Hall–Kier alpha value is -2.07. The molecule has 20 heavy (non-hydrogen) atoms. The van der Waals surface area contributed by atoms with Crippen LogP contribution in [0.2, 0.25) is 0 Å². The van der Waals surface area contributed by atoms with E-state index >= 15 is 0 Å². The number of furan rings is 1. The van der Waals surface area contributed by atoms with Gasteiger partial charge in [0.05, 0.1) is 12.7 Å². The lowest BCUT2D eigenvalue weighted by molar-refractivity contribution is -0.135. The summed E-state index contributed by atoms with van der Waals surface area (Å²) in [6.45, 7) is 2.91. The van der Waals surface area contributed by atoms with Gasteiger partial charge in [0, 0.05) is 17.3 Å². The molecule has 0 N–H and O–H groups in total. The first-order chi connectivity index (χ1) is 9.61. The van der Waals surface area contributed by atoms with Gasteiger partial charge in [-0.2, -0.15) is 0 Å². The molecule has 2 rings (SSSR count). The average Bonchev–Trinajstić information content (AvgIpc) is 2.75. The van der Waals surface area contributed by atoms with E-state index in [2.05, 4.69) is 0 Å². The third-order valence-electron chi connectivity index (χ3n) is 2.86. The standard InChI is InChI=1S/C16H19NO3/c1-4-19-16(18)11-15-13-8-6-5-7-12(13)14(20-15)9-10-17(2)3/h5-9,11H,4,10H2,1-3H3/b14-9-,15-11-. The molecule has 0 atom stereocenters. The van der Waals surface area contributed by atoms with Crippen molar-refractivity contribution in [3.63, 3.8) is 0 Å². The molecular formula is C16H19NO3. The maximum absolute atomic E-state index is 11.6. The fourth-order valence-corrected chi connectivity index (χ4v) is 1.96. The number of rotatable bonds is 4. The lowest BCUT2D eigenvalue weighted by Crippen LogP contribution is -2.14. The first-order valence-corrected chi connectivity index (χ1v) is 6.62. The largest absolute Gasteiger partial charge is 0.463 e. The molecule has 106 valence electrons. The van der Waals surface area contributed by atoms with E-state index in [-0.39, 0.29) is 5.97 Å². The van der Waals surface area contributed by atoms with Crippen molar-refractivity contribution in [2.75, 3.05) is 27.2 Å². The topological polar surface area (TPSA) is 42.7 Å². The summed E-state index contributed by atoms with van der Waals surface area (Å²) in [5.41, 5.74) is 1.33. The van der Waals surface area contributed by atoms with Gasteiger partial charge in [0.25, 0.3) is 0 Å². The van der Waals surface area contributed by atoms with Crippen molar-refractivity contribution < 1.29 is 13.9 Å². The Morgan fingerprint density at radius 1 is 1.25 bits per heavy atom. The highest BCUT2D eigenvalue weighted by atomic mass is 16.5. The normalized spacial score (nSPS) is 13.4. The van der Waals surface area contributed by atoms with Crippen LogP contribution >= 0.6 is 0 Å². The molecule has 0 spiro atoms. The van der Waals surface area contributed by atoms with Gasteiger partial charge in [-0.25, -0.2) is 4.79 Å². The summed E-state index contributed by atoms with van der Waals surface area (Å²) >= 11 is 0. The van der Waals surface area contributed by atoms with Crippen LogP contribution in [0.15, 0.2) is 28.7 Å². The number of nitrogens with zero attached hydrogens (tertiary/aromatic N) is 1. The van der Waals surface area contributed by atoms with Crippen molar-refractivity contribution in [1.29, 1.82) is 0 Å². The summed E-state index contributed by atoms with van der Waals surface area (Å²) in [7, 11) is 3.99. The molecular weight excluding hydrogens is 254 g/mol. The summed E-state index contributed by atoms with van der Waals surface area (Å²) in [6.07, 6.45) is 3.41. The number of fused-ring (bicyclic) bond motifs is 1. The van der Waals surface area contributed by atoms with Gasteiger partial charge in [-0.3, -0.25) is 0 Å². The minimum atomic E-state index is -0.383. The van der Waals surface area contributed by atoms with Crippen LogP contribution in [0.4, 0.5) is 0 Å². The van der Waals surface area contributed by atoms with Gasteiger partial charge in [-0.15, -0.1) is 0 Å². The van der Waals surface area contributed by atoms with Crippen LogP contribution in [0, 0.1) is 0 Å². The number of carbonyl (C=O) groups is 1. The van der Waals surface area contributed by atoms with E-state index in [0.29, 0.717) is 12.0 Å². The fraction of sp³-hybridized carbons (Fsp3) is 0.312. The monoisotopic (exact) mass is 273 g/mol. The van der Waals surface area contributed by atoms with Crippen LogP contribution < -0.4 is 10.8 Å². The number of hydrogen-bond donors (Lipinski definition) is 0. The number of esters is 1. The molecule has 1 heterocycles. The molecule has 0 fully saturated rings. The van der Waals surface area contributed by atoms with Crippen molar-refractivity contribution in [1.82, 2.24) is 4.90 Å². The summed E-state index contributed by atoms with van der Waals surface area (Å²) < 4.78 is 10.7. The van der Waals surface area contributed by atoms with Gasteiger partial charge < -0.3 is 14.1 Å². The van der Waals surface area contributed by atoms with E-state index < -0.39 is 0 Å². The molecule has 0 aliphatic rings. The Kier molecular flexibility index (Phi) is 4.58. The van der Waals surface area contributed by atoms with Crippen LogP contribution in [0.3, 0.4) is 0 Å². The second-order valence-electron chi connectivity index (χ2n) is 4.74. The number of ether oxygens (including phenoxy) is 1. The van der Waals surface area contributed by atoms with Crippen LogP contribution in [0.25, 0.3) is 22.9 Å². The maximum atomic E-state index is 11.6. The second-order valence-corrected chi connectivity index (χ2v) is 4.74. The quantitative estimate of drug-likeness (QED) is 0.783. The number of hydrogen-bond acceptors (Lipinski definition) is 4. The predicted octanol–water partition coefficient (Wildman–Crippen LogP) is 1.12. The Bertz CT molecular complexity index is 713. The Balaban J connectivity index is 2.57. The van der Waals surface area contributed by atoms with Crippen LogP contribution in [-0.4, -0.2) is 38.1 Å². The van der Waals surface area contributed by atoms with Gasteiger partial charge in [-0.1, -0.05) is 24.3 Å². The molecule has 2 aromatic rings. The van der Waals surface area contributed by atoms with E-state index in [0.717, 1.165) is 22.7 Å². The third-order valence-corrected chi connectivity index (χ3v) is 2.86. The van der Waals surface area contributed by atoms with Gasteiger partial charge in [0.15, 0.2) is 0 Å². The van der Waals surface area contributed by atoms with Crippen molar-refractivity contribution in [3.05, 3.63) is 35.1 Å². The van der Waals surface area contributed by atoms with Gasteiger partial charge in [0.1, 0.15) is 10.8 Å². The van der Waals surface area contributed by atoms with Crippen molar-refractivity contribution in [2.24, 2.45) is 0 Å². The fourth-order valence-electron chi connectivity index (χ4n) is 1.96. The molecule has 0 amide bonds. The Morgan fingerprint density at radius 3 is 2.50 bits per heavy atom. The molecule has 1 aromatic carbocycles. The third kappa shape index (κ3) is 3.27. The van der Waals surface area contributed by atoms with E-state index in [1.54, 1.807) is 6.92 Å². The lowest BCUT2D eigenvalue weighted by atomic mass is 10.2. The Morgan fingerprint density at radius 2 is 1.90 bits per heavy atom. The van der Waals surface area contributed by atoms with Crippen molar-refractivity contribution in [2.45, 2.75) is 6.92 Å². The van der Waals surface area contributed by atoms with E-state index in [4.69, 9.17) is 9.15 Å². The highest BCUT2D eigenvalue weighted by molar-refractivity contribution is 6.01. The minimum Gasteiger partial charge on any atom is -0.463 e. The zero-order valence-electron chi connectivity index (χ0n) is 12.1. The summed E-state index contributed by atoms with van der Waals surface area (Å²) in [6, 6.07) is 7.81. The maximum Gasteiger partial charge on any atom is 0.334 e. The number of benzene rings is 1. The average molecular weight is 273 g/mol. The molecule has 4 heteroatoms. The number of carbonyl (C=O) groups excluding carboxylic acids is 1. The zero-order chi connectivity index (χ0) is 14.5. The van der Waals surface area contributed by atoms with E-state index in [1.807, 2.05) is 49.3 Å². The lowest BCUT2D eigenvalue weighted by Gasteiger charge is -2.02. The van der Waals surface area contributed by atoms with Crippen molar-refractivity contribution >= 4 is 28.9 Å². The SMILES string of the molecule is CCOC(=O)/C=c1\o/c(=C\CN(C)C)c2ccccc12. The van der Waals surface area contributed by atoms with Crippen molar-refractivity contribution in [3.8, 4) is 0 Å².